The van der Waals surface area contributed by atoms with Gasteiger partial charge in [-0.1, -0.05) is 0 Å². The Balaban J connectivity index is 1.33. The molecule has 1 aromatic carbocycles. The lowest BCUT2D eigenvalue weighted by Crippen LogP contribution is -2.56. The quantitative estimate of drug-likeness (QED) is 0.292. The van der Waals surface area contributed by atoms with Crippen molar-refractivity contribution in [3.63, 3.8) is 0 Å². The van der Waals surface area contributed by atoms with Crippen molar-refractivity contribution in [3.8, 4) is 5.75 Å². The van der Waals surface area contributed by atoms with Crippen LogP contribution in [-0.2, 0) is 28.7 Å². The molecular formula is C36H47FN6O9. The average molecular weight is 727 g/mol. The molecule has 2 N–H and O–H groups in total. The Bertz CT molecular complexity index is 1680. The van der Waals surface area contributed by atoms with Crippen LogP contribution in [0.1, 0.15) is 74.8 Å². The minimum absolute atomic E-state index is 0.0370. The van der Waals surface area contributed by atoms with Crippen LogP contribution in [0.25, 0.3) is 10.9 Å². The molecule has 3 aliphatic rings. The zero-order chi connectivity index (χ0) is 37.4. The average Bonchev–Trinajstić information content (AvgIpc) is 3.60. The molecule has 1 saturated carbocycles. The van der Waals surface area contributed by atoms with E-state index in [1.165, 1.54) is 26.8 Å². The van der Waals surface area contributed by atoms with Gasteiger partial charge < -0.3 is 39.5 Å². The van der Waals surface area contributed by atoms with E-state index in [4.69, 9.17) is 14.2 Å². The maximum absolute atomic E-state index is 15.4. The van der Waals surface area contributed by atoms with Crippen LogP contribution >= 0.6 is 0 Å². The van der Waals surface area contributed by atoms with Crippen molar-refractivity contribution < 1.29 is 47.4 Å². The third kappa shape index (κ3) is 9.25. The monoisotopic (exact) mass is 726 g/mol. The van der Waals surface area contributed by atoms with Gasteiger partial charge in [0.05, 0.1) is 24.1 Å². The number of halogens is 1. The number of piperazine rings is 1. The maximum atomic E-state index is 15.4. The highest BCUT2D eigenvalue weighted by atomic mass is 19.1. The summed E-state index contributed by atoms with van der Waals surface area (Å²) in [7, 11) is 0. The van der Waals surface area contributed by atoms with Crippen LogP contribution in [-0.4, -0.2) is 126 Å². The van der Waals surface area contributed by atoms with Gasteiger partial charge in [0, 0.05) is 51.3 Å². The number of aromatic nitrogens is 1. The van der Waals surface area contributed by atoms with Gasteiger partial charge in [-0.3, -0.25) is 24.0 Å². The molecule has 1 aromatic heterocycles. The van der Waals surface area contributed by atoms with E-state index in [1.807, 2.05) is 0 Å². The fraction of sp³-hybridized carbons (Fsp3) is 0.583. The Hall–Kier alpha value is -5.02. The number of rotatable bonds is 13. The third-order valence-electron chi connectivity index (χ3n) is 9.54. The molecule has 5 rings (SSSR count). The van der Waals surface area contributed by atoms with E-state index < -0.39 is 54.3 Å². The number of carbonyl (C=O) groups excluding carboxylic acids is 6. The van der Waals surface area contributed by atoms with Crippen LogP contribution in [0.4, 0.5) is 9.18 Å². The molecule has 16 heteroatoms. The van der Waals surface area contributed by atoms with Gasteiger partial charge in [0.25, 0.3) is 11.8 Å². The lowest BCUT2D eigenvalue weighted by Gasteiger charge is -2.36. The molecule has 3 fully saturated rings. The highest BCUT2D eigenvalue weighted by Crippen LogP contribution is 2.30. The molecule has 2 atom stereocenters. The van der Waals surface area contributed by atoms with E-state index in [2.05, 4.69) is 15.6 Å². The summed E-state index contributed by atoms with van der Waals surface area (Å²) in [5.41, 5.74) is 0.412. The highest BCUT2D eigenvalue weighted by molar-refractivity contribution is 6.00. The summed E-state index contributed by atoms with van der Waals surface area (Å²) in [5, 5.41) is 5.65. The minimum Gasteiger partial charge on any atom is -0.483 e. The second-order valence-corrected chi connectivity index (χ2v) is 13.2. The third-order valence-corrected chi connectivity index (χ3v) is 9.54. The second kappa shape index (κ2) is 17.5. The number of esters is 1. The Labute approximate surface area is 301 Å². The Morgan fingerprint density at radius 3 is 2.31 bits per heavy atom. The zero-order valence-corrected chi connectivity index (χ0v) is 29.9. The number of fused-ring (bicyclic) bond motifs is 1. The van der Waals surface area contributed by atoms with Crippen LogP contribution in [0.3, 0.4) is 0 Å². The number of nitrogens with zero attached hydrogens (tertiary/aromatic N) is 4. The summed E-state index contributed by atoms with van der Waals surface area (Å²) in [5.74, 6) is -3.23. The molecule has 3 heterocycles. The van der Waals surface area contributed by atoms with Crippen LogP contribution in [0.2, 0.25) is 0 Å². The number of hydrogen-bond donors (Lipinski definition) is 2. The molecule has 282 valence electrons. The standard InChI is InChI=1S/C36H47FN6O9/c1-4-50-31(45)12-11-25(35(48)41-14-16-42(17-15-41)36(49)51-5-2)40-33(46)27-20-29(32-24(37)18-22(3)19-26(32)39-27)52-21-30(44)43-13-7-10-28(43)34(47)38-23-8-6-9-23/h18-20,23,25,28H,4-17,21H2,1-3H3,(H,38,47)(H,40,46)/t25-,28-/m0/s1. The second-order valence-electron chi connectivity index (χ2n) is 13.2. The largest absolute Gasteiger partial charge is 0.483 e. The first-order chi connectivity index (χ1) is 25.0. The molecule has 5 amide bonds. The van der Waals surface area contributed by atoms with Gasteiger partial charge in [0.1, 0.15) is 29.3 Å². The number of carbonyl (C=O) groups is 6. The van der Waals surface area contributed by atoms with Gasteiger partial charge in [-0.05, 0) is 77.0 Å². The van der Waals surface area contributed by atoms with E-state index in [1.54, 1.807) is 26.8 Å². The molecule has 0 spiro atoms. The Morgan fingerprint density at radius 2 is 1.63 bits per heavy atom. The van der Waals surface area contributed by atoms with Gasteiger partial charge in [0.15, 0.2) is 6.61 Å². The predicted molar refractivity (Wildman–Crippen MR) is 185 cm³/mol. The first kappa shape index (κ1) is 38.2. The Kier molecular flexibility index (Phi) is 12.8. The molecule has 52 heavy (non-hydrogen) atoms. The van der Waals surface area contributed by atoms with E-state index in [0.717, 1.165) is 19.3 Å². The topological polar surface area (TPSA) is 177 Å². The number of ether oxygens (including phenoxy) is 3. The molecule has 0 radical (unpaired) electrons. The summed E-state index contributed by atoms with van der Waals surface area (Å²) in [6.45, 7) is 6.06. The molecule has 0 unspecified atom stereocenters. The van der Waals surface area contributed by atoms with E-state index in [0.29, 0.717) is 24.9 Å². The van der Waals surface area contributed by atoms with Gasteiger partial charge in [-0.25, -0.2) is 14.2 Å². The number of aryl methyl sites for hydroxylation is 1. The summed E-state index contributed by atoms with van der Waals surface area (Å²) in [6, 6.07) is 2.40. The van der Waals surface area contributed by atoms with Crippen molar-refractivity contribution in [3.05, 3.63) is 35.3 Å². The number of pyridine rings is 1. The maximum Gasteiger partial charge on any atom is 0.409 e. The van der Waals surface area contributed by atoms with Crippen molar-refractivity contribution in [2.45, 2.75) is 83.8 Å². The number of hydrogen-bond acceptors (Lipinski definition) is 10. The predicted octanol–water partition coefficient (Wildman–Crippen LogP) is 2.46. The van der Waals surface area contributed by atoms with E-state index in [-0.39, 0.29) is 86.5 Å². The van der Waals surface area contributed by atoms with Crippen molar-refractivity contribution >= 4 is 46.6 Å². The highest BCUT2D eigenvalue weighted by Gasteiger charge is 2.36. The molecule has 1 aliphatic carbocycles. The Morgan fingerprint density at radius 1 is 0.923 bits per heavy atom. The molecule has 2 saturated heterocycles. The van der Waals surface area contributed by atoms with E-state index >= 15 is 4.39 Å². The fourth-order valence-electron chi connectivity index (χ4n) is 6.58. The molecule has 0 bridgehead atoms. The summed E-state index contributed by atoms with van der Waals surface area (Å²) in [4.78, 5) is 87.0. The number of benzene rings is 1. The number of amides is 5. The zero-order valence-electron chi connectivity index (χ0n) is 29.9. The van der Waals surface area contributed by atoms with Gasteiger partial charge >= 0.3 is 12.1 Å². The molecular weight excluding hydrogens is 679 g/mol. The van der Waals surface area contributed by atoms with Gasteiger partial charge in [-0.2, -0.15) is 0 Å². The van der Waals surface area contributed by atoms with Crippen LogP contribution in [0.5, 0.6) is 5.75 Å². The van der Waals surface area contributed by atoms with Gasteiger partial charge in [-0.15, -0.1) is 0 Å². The van der Waals surface area contributed by atoms with E-state index in [9.17, 15) is 28.8 Å². The van der Waals surface area contributed by atoms with Crippen molar-refractivity contribution in [1.82, 2.24) is 30.3 Å². The minimum atomic E-state index is -1.16. The van der Waals surface area contributed by atoms with Crippen LogP contribution in [0.15, 0.2) is 18.2 Å². The smallest absolute Gasteiger partial charge is 0.409 e. The molecule has 2 aliphatic heterocycles. The lowest BCUT2D eigenvalue weighted by molar-refractivity contribution is -0.143. The number of likely N-dealkylation sites (tertiary alicyclic amines) is 1. The van der Waals surface area contributed by atoms with Crippen molar-refractivity contribution in [2.24, 2.45) is 0 Å². The lowest BCUT2D eigenvalue weighted by atomic mass is 9.93. The number of nitrogens with one attached hydrogen (secondary N) is 2. The summed E-state index contributed by atoms with van der Waals surface area (Å²) < 4.78 is 31.4. The fourth-order valence-corrected chi connectivity index (χ4v) is 6.58. The first-order valence-electron chi connectivity index (χ1n) is 18.0. The molecule has 15 nitrogen and oxygen atoms in total. The SMILES string of the molecule is CCOC(=O)CC[C@H](NC(=O)c1cc(OCC(=O)N2CCC[C@H]2C(=O)NC2CCC2)c2c(F)cc(C)cc2n1)C(=O)N1CCN(C(=O)OCC)CC1. The summed E-state index contributed by atoms with van der Waals surface area (Å²) >= 11 is 0. The summed E-state index contributed by atoms with van der Waals surface area (Å²) in [6.07, 6.45) is 3.36. The van der Waals surface area contributed by atoms with Crippen LogP contribution in [0, 0.1) is 12.7 Å². The van der Waals surface area contributed by atoms with Gasteiger partial charge in [0.2, 0.25) is 11.8 Å². The molecule has 2 aromatic rings. The van der Waals surface area contributed by atoms with Crippen LogP contribution < -0.4 is 15.4 Å². The first-order valence-corrected chi connectivity index (χ1v) is 18.0. The van der Waals surface area contributed by atoms with Crippen molar-refractivity contribution in [1.29, 1.82) is 0 Å². The van der Waals surface area contributed by atoms with Crippen molar-refractivity contribution in [2.75, 3.05) is 52.5 Å². The normalized spacial score (nSPS) is 18.0.